The Morgan fingerprint density at radius 1 is 1.17 bits per heavy atom. The molecule has 0 saturated carbocycles. The number of unbranched alkanes of at least 4 members (excludes halogenated alkanes) is 1. The molecule has 0 aliphatic heterocycles. The maximum Gasteiger partial charge on any atom is 0.264 e. The summed E-state index contributed by atoms with van der Waals surface area (Å²) in [6.07, 6.45) is 2.12. The van der Waals surface area contributed by atoms with Crippen molar-refractivity contribution >= 4 is 48.5 Å². The first-order valence-electron chi connectivity index (χ1n) is 10.0. The Morgan fingerprint density at radius 3 is 2.70 bits per heavy atom. The fourth-order valence-electron chi connectivity index (χ4n) is 2.90. The number of nitrogens with zero attached hydrogens (tertiary/aromatic N) is 1. The first kappa shape index (κ1) is 22.6. The van der Waals surface area contributed by atoms with Crippen LogP contribution in [0.2, 0.25) is 0 Å². The lowest BCUT2D eigenvalue weighted by molar-refractivity contribution is -0.118. The van der Waals surface area contributed by atoms with Crippen LogP contribution in [0.3, 0.4) is 0 Å². The van der Waals surface area contributed by atoms with Gasteiger partial charge in [-0.25, -0.2) is 4.98 Å². The van der Waals surface area contributed by atoms with Gasteiger partial charge in [0, 0.05) is 10.0 Å². The van der Waals surface area contributed by atoms with Crippen LogP contribution in [-0.4, -0.2) is 24.1 Å². The van der Waals surface area contributed by atoms with Gasteiger partial charge in [-0.05, 0) is 48.2 Å². The molecule has 0 spiro atoms. The summed E-state index contributed by atoms with van der Waals surface area (Å²) in [5, 5.41) is 3.39. The Balaban J connectivity index is 1.63. The topological polar surface area (TPSA) is 60.5 Å². The Hall–Kier alpha value is -2.12. The number of aromatic nitrogens is 1. The van der Waals surface area contributed by atoms with Crippen molar-refractivity contribution in [3.63, 3.8) is 0 Å². The van der Waals surface area contributed by atoms with Gasteiger partial charge in [0.1, 0.15) is 11.5 Å². The number of benzene rings is 2. The van der Waals surface area contributed by atoms with E-state index in [1.807, 2.05) is 36.4 Å². The van der Waals surface area contributed by atoms with Gasteiger partial charge >= 0.3 is 0 Å². The van der Waals surface area contributed by atoms with Crippen LogP contribution in [0, 0.1) is 0 Å². The lowest BCUT2D eigenvalue weighted by Gasteiger charge is -2.23. The Kier molecular flexibility index (Phi) is 7.36. The minimum absolute atomic E-state index is 0.0774. The Bertz CT molecular complexity index is 1030. The number of anilines is 1. The molecule has 0 atom stereocenters. The number of thiazole rings is 1. The zero-order valence-electron chi connectivity index (χ0n) is 17.8. The number of fused-ring (bicyclic) bond motifs is 1. The summed E-state index contributed by atoms with van der Waals surface area (Å²) >= 11 is 4.93. The van der Waals surface area contributed by atoms with E-state index in [-0.39, 0.29) is 17.9 Å². The van der Waals surface area contributed by atoms with Crippen molar-refractivity contribution in [1.29, 1.82) is 0 Å². The molecule has 2 aromatic carbocycles. The van der Waals surface area contributed by atoms with Crippen LogP contribution in [0.5, 0.6) is 11.5 Å². The number of nitrogens with one attached hydrogen (secondary N) is 1. The fourth-order valence-corrected chi connectivity index (χ4v) is 4.17. The normalized spacial score (nSPS) is 11.5. The molecular formula is C23H27BrN2O3S. The van der Waals surface area contributed by atoms with Gasteiger partial charge in [-0.3, -0.25) is 10.1 Å². The van der Waals surface area contributed by atoms with E-state index in [0.29, 0.717) is 17.5 Å². The summed E-state index contributed by atoms with van der Waals surface area (Å²) in [7, 11) is 0. The standard InChI is InChI=1S/C23H27BrN2O3S/c1-5-6-11-28-16-8-9-18-20(13-16)30-22(25-18)26-21(27)14-29-19-10-7-15(24)12-17(19)23(2,3)4/h7-10,12-13H,5-6,11,14H2,1-4H3,(H,25,26,27). The number of ether oxygens (including phenoxy) is 2. The van der Waals surface area contributed by atoms with E-state index in [4.69, 9.17) is 9.47 Å². The highest BCUT2D eigenvalue weighted by Crippen LogP contribution is 2.34. The Morgan fingerprint density at radius 2 is 1.97 bits per heavy atom. The number of carbonyl (C=O) groups is 1. The maximum atomic E-state index is 12.4. The molecule has 0 fully saturated rings. The average Bonchev–Trinajstić information content (AvgIpc) is 3.08. The van der Waals surface area contributed by atoms with Gasteiger partial charge in [0.05, 0.1) is 16.8 Å². The van der Waals surface area contributed by atoms with E-state index in [9.17, 15) is 4.79 Å². The minimum atomic E-state index is -0.240. The molecule has 0 aliphatic carbocycles. The summed E-state index contributed by atoms with van der Waals surface area (Å²) in [6, 6.07) is 11.6. The van der Waals surface area contributed by atoms with E-state index in [0.717, 1.165) is 38.8 Å². The number of halogens is 1. The zero-order chi connectivity index (χ0) is 21.7. The molecule has 30 heavy (non-hydrogen) atoms. The predicted molar refractivity (Wildman–Crippen MR) is 127 cm³/mol. The van der Waals surface area contributed by atoms with Crippen molar-refractivity contribution in [2.75, 3.05) is 18.5 Å². The number of hydrogen-bond donors (Lipinski definition) is 1. The van der Waals surface area contributed by atoms with Crippen LogP contribution in [-0.2, 0) is 10.2 Å². The third kappa shape index (κ3) is 5.95. The third-order valence-corrected chi connectivity index (χ3v) is 5.91. The lowest BCUT2D eigenvalue weighted by atomic mass is 9.86. The number of carbonyl (C=O) groups excluding carboxylic acids is 1. The molecule has 3 aromatic rings. The Labute approximate surface area is 189 Å². The van der Waals surface area contributed by atoms with Gasteiger partial charge < -0.3 is 9.47 Å². The minimum Gasteiger partial charge on any atom is -0.494 e. The largest absolute Gasteiger partial charge is 0.494 e. The van der Waals surface area contributed by atoms with Crippen molar-refractivity contribution in [3.05, 3.63) is 46.4 Å². The van der Waals surface area contributed by atoms with Gasteiger partial charge in [-0.1, -0.05) is 61.4 Å². The summed E-state index contributed by atoms with van der Waals surface area (Å²) in [5.41, 5.74) is 1.78. The lowest BCUT2D eigenvalue weighted by Crippen LogP contribution is -2.21. The van der Waals surface area contributed by atoms with E-state index in [1.54, 1.807) is 0 Å². The van der Waals surface area contributed by atoms with Gasteiger partial charge in [-0.15, -0.1) is 0 Å². The third-order valence-electron chi connectivity index (χ3n) is 4.48. The number of rotatable bonds is 8. The highest BCUT2D eigenvalue weighted by Gasteiger charge is 2.20. The van der Waals surface area contributed by atoms with Gasteiger partial charge in [0.15, 0.2) is 11.7 Å². The van der Waals surface area contributed by atoms with E-state index < -0.39 is 0 Å². The average molecular weight is 491 g/mol. The van der Waals surface area contributed by atoms with Crippen LogP contribution in [0.1, 0.15) is 46.1 Å². The summed E-state index contributed by atoms with van der Waals surface area (Å²) in [5.74, 6) is 1.29. The molecule has 1 aromatic heterocycles. The number of hydrogen-bond acceptors (Lipinski definition) is 5. The monoisotopic (exact) mass is 490 g/mol. The molecule has 7 heteroatoms. The summed E-state index contributed by atoms with van der Waals surface area (Å²) in [6.45, 7) is 9.10. The van der Waals surface area contributed by atoms with Crippen LogP contribution in [0.25, 0.3) is 10.2 Å². The molecular weight excluding hydrogens is 464 g/mol. The van der Waals surface area contributed by atoms with Crippen LogP contribution < -0.4 is 14.8 Å². The van der Waals surface area contributed by atoms with Crippen LogP contribution in [0.15, 0.2) is 40.9 Å². The SMILES string of the molecule is CCCCOc1ccc2nc(NC(=O)COc3ccc(Br)cc3C(C)(C)C)sc2c1. The molecule has 0 saturated heterocycles. The molecule has 5 nitrogen and oxygen atoms in total. The first-order valence-corrected chi connectivity index (χ1v) is 11.6. The maximum absolute atomic E-state index is 12.4. The second-order valence-corrected chi connectivity index (χ2v) is 10.0. The van der Waals surface area contributed by atoms with Crippen molar-refractivity contribution < 1.29 is 14.3 Å². The van der Waals surface area contributed by atoms with Crippen molar-refractivity contribution in [2.24, 2.45) is 0 Å². The van der Waals surface area contributed by atoms with Gasteiger partial charge in [-0.2, -0.15) is 0 Å². The molecule has 1 heterocycles. The highest BCUT2D eigenvalue weighted by atomic mass is 79.9. The predicted octanol–water partition coefficient (Wildman–Crippen LogP) is 6.55. The second-order valence-electron chi connectivity index (χ2n) is 8.08. The molecule has 160 valence electrons. The van der Waals surface area contributed by atoms with Crippen molar-refractivity contribution in [2.45, 2.75) is 46.0 Å². The second kappa shape index (κ2) is 9.79. The van der Waals surface area contributed by atoms with E-state index in [1.165, 1.54) is 11.3 Å². The quantitative estimate of drug-likeness (QED) is 0.363. The molecule has 0 aliphatic rings. The zero-order valence-corrected chi connectivity index (χ0v) is 20.2. The molecule has 0 unspecified atom stereocenters. The molecule has 1 amide bonds. The molecule has 3 rings (SSSR count). The summed E-state index contributed by atoms with van der Waals surface area (Å²) < 4.78 is 13.5. The van der Waals surface area contributed by atoms with Crippen molar-refractivity contribution in [3.8, 4) is 11.5 Å². The van der Waals surface area contributed by atoms with Crippen molar-refractivity contribution in [1.82, 2.24) is 4.98 Å². The van der Waals surface area contributed by atoms with E-state index in [2.05, 4.69) is 53.9 Å². The fraction of sp³-hybridized carbons (Fsp3) is 0.391. The highest BCUT2D eigenvalue weighted by molar-refractivity contribution is 9.10. The van der Waals surface area contributed by atoms with Gasteiger partial charge in [0.25, 0.3) is 5.91 Å². The van der Waals surface area contributed by atoms with Crippen LogP contribution >= 0.6 is 27.3 Å². The number of amides is 1. The van der Waals surface area contributed by atoms with Gasteiger partial charge in [0.2, 0.25) is 0 Å². The smallest absolute Gasteiger partial charge is 0.264 e. The molecule has 0 bridgehead atoms. The van der Waals surface area contributed by atoms with E-state index >= 15 is 0 Å². The first-order chi connectivity index (χ1) is 14.3. The van der Waals surface area contributed by atoms with Crippen LogP contribution in [0.4, 0.5) is 5.13 Å². The summed E-state index contributed by atoms with van der Waals surface area (Å²) in [4.78, 5) is 16.9. The molecule has 1 N–H and O–H groups in total. The molecule has 0 radical (unpaired) electrons.